The van der Waals surface area contributed by atoms with E-state index in [1.807, 2.05) is 0 Å². The molecule has 60 valence electrons. The molecule has 0 aromatic rings. The predicted molar refractivity (Wildman–Crippen MR) is 43.1 cm³/mol. The van der Waals surface area contributed by atoms with Gasteiger partial charge in [-0.25, -0.2) is 0 Å². The molecule has 0 radical (unpaired) electrons. The van der Waals surface area contributed by atoms with E-state index >= 15 is 0 Å². The van der Waals surface area contributed by atoms with Crippen LogP contribution in [0.3, 0.4) is 0 Å². The number of hydrogen-bond donors (Lipinski definition) is 0. The van der Waals surface area contributed by atoms with Crippen LogP contribution in [0, 0.1) is 5.41 Å². The van der Waals surface area contributed by atoms with Gasteiger partial charge < -0.3 is 4.74 Å². The van der Waals surface area contributed by atoms with Gasteiger partial charge in [-0.2, -0.15) is 0 Å². The highest BCUT2D eigenvalue weighted by Crippen LogP contribution is 2.37. The Labute approximate surface area is 63.8 Å². The normalized spacial score (nSPS) is 23.4. The first kappa shape index (κ1) is 8.06. The average molecular weight is 142 g/mol. The lowest BCUT2D eigenvalue weighted by molar-refractivity contribution is 0.0646. The molecule has 1 fully saturated rings. The lowest BCUT2D eigenvalue weighted by Crippen LogP contribution is -2.18. The molecule has 0 aromatic heterocycles. The van der Waals surface area contributed by atoms with Crippen LogP contribution in [0.25, 0.3) is 0 Å². The molecule has 0 aromatic carbocycles. The average Bonchev–Trinajstić information content (AvgIpc) is 2.33. The van der Waals surface area contributed by atoms with Gasteiger partial charge in [0.25, 0.3) is 0 Å². The van der Waals surface area contributed by atoms with Crippen LogP contribution in [0.1, 0.15) is 39.5 Å². The SMILES string of the molecule is CCOCC1(C)CCCC1. The quantitative estimate of drug-likeness (QED) is 0.588. The minimum Gasteiger partial charge on any atom is -0.381 e. The second kappa shape index (κ2) is 3.38. The molecule has 0 aliphatic heterocycles. The highest BCUT2D eigenvalue weighted by atomic mass is 16.5. The Hall–Kier alpha value is -0.0400. The fourth-order valence-electron chi connectivity index (χ4n) is 1.72. The summed E-state index contributed by atoms with van der Waals surface area (Å²) in [7, 11) is 0. The molecule has 10 heavy (non-hydrogen) atoms. The molecule has 1 aliphatic carbocycles. The molecule has 1 saturated carbocycles. The van der Waals surface area contributed by atoms with E-state index in [4.69, 9.17) is 4.74 Å². The Balaban J connectivity index is 2.22. The first-order chi connectivity index (χ1) is 4.77. The Morgan fingerprint density at radius 3 is 2.40 bits per heavy atom. The Morgan fingerprint density at radius 1 is 1.30 bits per heavy atom. The number of hydrogen-bond acceptors (Lipinski definition) is 1. The summed E-state index contributed by atoms with van der Waals surface area (Å²) < 4.78 is 5.42. The summed E-state index contributed by atoms with van der Waals surface area (Å²) in [6, 6.07) is 0. The van der Waals surface area contributed by atoms with Gasteiger partial charge >= 0.3 is 0 Å². The van der Waals surface area contributed by atoms with Crippen LogP contribution in [0.15, 0.2) is 0 Å². The molecule has 0 heterocycles. The van der Waals surface area contributed by atoms with Crippen molar-refractivity contribution in [3.05, 3.63) is 0 Å². The third-order valence-electron chi connectivity index (χ3n) is 2.47. The molecule has 0 spiro atoms. The molecule has 1 nitrogen and oxygen atoms in total. The van der Waals surface area contributed by atoms with E-state index in [1.165, 1.54) is 25.7 Å². The van der Waals surface area contributed by atoms with Gasteiger partial charge in [0.1, 0.15) is 0 Å². The third-order valence-corrected chi connectivity index (χ3v) is 2.47. The molecule has 0 bridgehead atoms. The van der Waals surface area contributed by atoms with Crippen LogP contribution in [0.2, 0.25) is 0 Å². The van der Waals surface area contributed by atoms with Crippen LogP contribution >= 0.6 is 0 Å². The van der Waals surface area contributed by atoms with Crippen molar-refractivity contribution < 1.29 is 4.74 Å². The Morgan fingerprint density at radius 2 is 1.90 bits per heavy atom. The smallest absolute Gasteiger partial charge is 0.0519 e. The maximum absolute atomic E-state index is 5.42. The van der Waals surface area contributed by atoms with Crippen molar-refractivity contribution in [3.8, 4) is 0 Å². The van der Waals surface area contributed by atoms with Crippen LogP contribution < -0.4 is 0 Å². The van der Waals surface area contributed by atoms with Crippen molar-refractivity contribution in [1.82, 2.24) is 0 Å². The highest BCUT2D eigenvalue weighted by Gasteiger charge is 2.28. The van der Waals surface area contributed by atoms with Crippen molar-refractivity contribution in [3.63, 3.8) is 0 Å². The van der Waals surface area contributed by atoms with Crippen LogP contribution in [-0.4, -0.2) is 13.2 Å². The molecule has 0 atom stereocenters. The molecule has 1 heteroatoms. The van der Waals surface area contributed by atoms with E-state index < -0.39 is 0 Å². The molecule has 0 N–H and O–H groups in total. The van der Waals surface area contributed by atoms with E-state index in [-0.39, 0.29) is 0 Å². The third kappa shape index (κ3) is 1.98. The van der Waals surface area contributed by atoms with Gasteiger partial charge in [-0.1, -0.05) is 19.8 Å². The minimum absolute atomic E-state index is 0.524. The van der Waals surface area contributed by atoms with Crippen LogP contribution in [0.5, 0.6) is 0 Å². The molecular weight excluding hydrogens is 124 g/mol. The number of rotatable bonds is 3. The van der Waals surface area contributed by atoms with E-state index in [0.717, 1.165) is 13.2 Å². The maximum atomic E-state index is 5.42. The van der Waals surface area contributed by atoms with Crippen molar-refractivity contribution >= 4 is 0 Å². The zero-order valence-corrected chi connectivity index (χ0v) is 7.15. The van der Waals surface area contributed by atoms with Gasteiger partial charge in [-0.15, -0.1) is 0 Å². The van der Waals surface area contributed by atoms with E-state index in [0.29, 0.717) is 5.41 Å². The van der Waals surface area contributed by atoms with Crippen molar-refractivity contribution in [2.75, 3.05) is 13.2 Å². The van der Waals surface area contributed by atoms with Gasteiger partial charge in [0, 0.05) is 6.61 Å². The number of ether oxygens (including phenoxy) is 1. The van der Waals surface area contributed by atoms with Crippen molar-refractivity contribution in [2.45, 2.75) is 39.5 Å². The second-order valence-corrected chi connectivity index (χ2v) is 3.65. The zero-order chi connectivity index (χ0) is 7.45. The minimum atomic E-state index is 0.524. The first-order valence-corrected chi connectivity index (χ1v) is 4.35. The summed E-state index contributed by atoms with van der Waals surface area (Å²) in [5, 5.41) is 0. The summed E-state index contributed by atoms with van der Waals surface area (Å²) in [5.41, 5.74) is 0.524. The summed E-state index contributed by atoms with van der Waals surface area (Å²) >= 11 is 0. The summed E-state index contributed by atoms with van der Waals surface area (Å²) in [6.07, 6.45) is 5.55. The Kier molecular flexibility index (Phi) is 2.72. The first-order valence-electron chi connectivity index (χ1n) is 4.35. The van der Waals surface area contributed by atoms with Gasteiger partial charge in [0.15, 0.2) is 0 Å². The fourth-order valence-corrected chi connectivity index (χ4v) is 1.72. The van der Waals surface area contributed by atoms with E-state index in [2.05, 4.69) is 13.8 Å². The van der Waals surface area contributed by atoms with Gasteiger partial charge in [0.05, 0.1) is 6.61 Å². The van der Waals surface area contributed by atoms with E-state index in [9.17, 15) is 0 Å². The summed E-state index contributed by atoms with van der Waals surface area (Å²) in [5.74, 6) is 0. The van der Waals surface area contributed by atoms with Gasteiger partial charge in [-0.05, 0) is 25.2 Å². The summed E-state index contributed by atoms with van der Waals surface area (Å²) in [4.78, 5) is 0. The molecule has 1 aliphatic rings. The molecular formula is C9H18O. The highest BCUT2D eigenvalue weighted by molar-refractivity contribution is 4.79. The molecule has 0 saturated heterocycles. The molecule has 1 rings (SSSR count). The van der Waals surface area contributed by atoms with Gasteiger partial charge in [-0.3, -0.25) is 0 Å². The van der Waals surface area contributed by atoms with Crippen LogP contribution in [-0.2, 0) is 4.74 Å². The lowest BCUT2D eigenvalue weighted by atomic mass is 9.90. The van der Waals surface area contributed by atoms with Crippen molar-refractivity contribution in [1.29, 1.82) is 0 Å². The van der Waals surface area contributed by atoms with E-state index in [1.54, 1.807) is 0 Å². The zero-order valence-electron chi connectivity index (χ0n) is 7.15. The summed E-state index contributed by atoms with van der Waals surface area (Å²) in [6.45, 7) is 6.26. The second-order valence-electron chi connectivity index (χ2n) is 3.65. The van der Waals surface area contributed by atoms with Crippen LogP contribution in [0.4, 0.5) is 0 Å². The van der Waals surface area contributed by atoms with Crippen molar-refractivity contribution in [2.24, 2.45) is 5.41 Å². The molecule has 0 amide bonds. The Bertz CT molecular complexity index is 92.9. The topological polar surface area (TPSA) is 9.23 Å². The fraction of sp³-hybridized carbons (Fsp3) is 1.00. The predicted octanol–water partition coefficient (Wildman–Crippen LogP) is 2.60. The maximum Gasteiger partial charge on any atom is 0.0519 e. The largest absolute Gasteiger partial charge is 0.381 e. The standard InChI is InChI=1S/C9H18O/c1-3-10-8-9(2)6-4-5-7-9/h3-8H2,1-2H3. The monoisotopic (exact) mass is 142 g/mol. The van der Waals surface area contributed by atoms with Gasteiger partial charge in [0.2, 0.25) is 0 Å². The lowest BCUT2D eigenvalue weighted by Gasteiger charge is -2.22. The molecule has 0 unspecified atom stereocenters.